The summed E-state index contributed by atoms with van der Waals surface area (Å²) in [4.78, 5) is 11.2. The molecule has 0 heterocycles. The zero-order valence-corrected chi connectivity index (χ0v) is 9.60. The first-order valence-electron chi connectivity index (χ1n) is 5.68. The molecular weight excluding hydrogens is 220 g/mol. The Morgan fingerprint density at radius 1 is 1.12 bits per heavy atom. The monoisotopic (exact) mass is 232 g/mol. The van der Waals surface area contributed by atoms with E-state index in [2.05, 4.69) is 24.3 Å². The molecule has 0 N–H and O–H groups in total. The molecule has 2 heteroatoms. The molecule has 0 aliphatic heterocycles. The molecule has 1 fully saturated rings. The van der Waals surface area contributed by atoms with E-state index in [-0.39, 0.29) is 5.92 Å². The quantitative estimate of drug-likeness (QED) is 0.564. The van der Waals surface area contributed by atoms with Gasteiger partial charge in [0.2, 0.25) is 0 Å². The van der Waals surface area contributed by atoms with Crippen LogP contribution in [0.3, 0.4) is 0 Å². The number of aldehydes is 1. The van der Waals surface area contributed by atoms with Crippen molar-refractivity contribution in [2.75, 3.05) is 0 Å². The molecule has 0 spiro atoms. The Morgan fingerprint density at radius 3 is 2.50 bits per heavy atom. The standard InChI is InChI=1S/C14H13ClO/c15-12-5-3-9(4-6-12)14-11-2-1-10(7-11)13(14)8-16/h1-6,8,10-11,13-14H,7H2/t10-,11+,13-,14-/m1/s1. The Kier molecular flexibility index (Phi) is 2.36. The highest BCUT2D eigenvalue weighted by atomic mass is 35.5. The molecule has 0 amide bonds. The molecule has 1 nitrogen and oxygen atoms in total. The number of carbonyl (C=O) groups is 1. The molecule has 0 radical (unpaired) electrons. The second-order valence-corrected chi connectivity index (χ2v) is 5.18. The summed E-state index contributed by atoms with van der Waals surface area (Å²) < 4.78 is 0. The van der Waals surface area contributed by atoms with Crippen LogP contribution in [-0.2, 0) is 4.79 Å². The molecule has 3 rings (SSSR count). The fraction of sp³-hybridized carbons (Fsp3) is 0.357. The largest absolute Gasteiger partial charge is 0.303 e. The lowest BCUT2D eigenvalue weighted by atomic mass is 9.79. The second kappa shape index (κ2) is 3.74. The number of halogens is 1. The van der Waals surface area contributed by atoms with Gasteiger partial charge in [-0.1, -0.05) is 35.9 Å². The highest BCUT2D eigenvalue weighted by molar-refractivity contribution is 6.30. The number of rotatable bonds is 2. The van der Waals surface area contributed by atoms with E-state index in [4.69, 9.17) is 11.6 Å². The van der Waals surface area contributed by atoms with E-state index < -0.39 is 0 Å². The van der Waals surface area contributed by atoms with Crippen molar-refractivity contribution in [1.82, 2.24) is 0 Å². The number of benzene rings is 1. The minimum Gasteiger partial charge on any atom is -0.303 e. The van der Waals surface area contributed by atoms with Gasteiger partial charge in [0.1, 0.15) is 6.29 Å². The minimum atomic E-state index is 0.163. The van der Waals surface area contributed by atoms with Crippen LogP contribution in [0.1, 0.15) is 17.9 Å². The summed E-state index contributed by atoms with van der Waals surface area (Å²) in [6, 6.07) is 7.93. The maximum atomic E-state index is 11.2. The number of carbonyl (C=O) groups excluding carboxylic acids is 1. The van der Waals surface area contributed by atoms with Gasteiger partial charge in [-0.25, -0.2) is 0 Å². The van der Waals surface area contributed by atoms with E-state index in [9.17, 15) is 4.79 Å². The molecule has 4 atom stereocenters. The van der Waals surface area contributed by atoms with Crippen LogP contribution < -0.4 is 0 Å². The Hall–Kier alpha value is -1.08. The summed E-state index contributed by atoms with van der Waals surface area (Å²) in [5.74, 6) is 1.53. The lowest BCUT2D eigenvalue weighted by Gasteiger charge is -2.24. The average Bonchev–Trinajstić information content (AvgIpc) is 2.89. The van der Waals surface area contributed by atoms with Crippen molar-refractivity contribution < 1.29 is 4.79 Å². The third-order valence-electron chi connectivity index (χ3n) is 3.93. The fourth-order valence-electron chi connectivity index (χ4n) is 3.20. The predicted octanol–water partition coefficient (Wildman–Crippen LogP) is 3.44. The van der Waals surface area contributed by atoms with Gasteiger partial charge in [-0.3, -0.25) is 0 Å². The van der Waals surface area contributed by atoms with Crippen molar-refractivity contribution in [3.8, 4) is 0 Å². The summed E-state index contributed by atoms with van der Waals surface area (Å²) >= 11 is 5.88. The Labute approximate surface area is 100 Å². The third-order valence-corrected chi connectivity index (χ3v) is 4.18. The lowest BCUT2D eigenvalue weighted by molar-refractivity contribution is -0.112. The van der Waals surface area contributed by atoms with E-state index in [1.54, 1.807) is 0 Å². The maximum absolute atomic E-state index is 11.2. The Bertz CT molecular complexity index is 435. The van der Waals surface area contributed by atoms with Gasteiger partial charge in [-0.05, 0) is 36.0 Å². The van der Waals surface area contributed by atoms with Gasteiger partial charge in [0.05, 0.1) is 0 Å². The molecule has 1 aromatic carbocycles. The van der Waals surface area contributed by atoms with Crippen molar-refractivity contribution in [2.45, 2.75) is 12.3 Å². The molecule has 0 aromatic heterocycles. The smallest absolute Gasteiger partial charge is 0.124 e. The Morgan fingerprint density at radius 2 is 1.81 bits per heavy atom. The van der Waals surface area contributed by atoms with Gasteiger partial charge in [0.15, 0.2) is 0 Å². The van der Waals surface area contributed by atoms with Gasteiger partial charge >= 0.3 is 0 Å². The lowest BCUT2D eigenvalue weighted by Crippen LogP contribution is -2.18. The fourth-order valence-corrected chi connectivity index (χ4v) is 3.33. The molecule has 16 heavy (non-hydrogen) atoms. The van der Waals surface area contributed by atoms with Crippen LogP contribution in [0, 0.1) is 17.8 Å². The average molecular weight is 233 g/mol. The van der Waals surface area contributed by atoms with Crippen molar-refractivity contribution in [2.24, 2.45) is 17.8 Å². The van der Waals surface area contributed by atoms with Crippen molar-refractivity contribution >= 4 is 17.9 Å². The van der Waals surface area contributed by atoms with Crippen molar-refractivity contribution in [3.63, 3.8) is 0 Å². The molecule has 1 saturated carbocycles. The zero-order valence-electron chi connectivity index (χ0n) is 8.84. The van der Waals surface area contributed by atoms with Crippen LogP contribution in [0.25, 0.3) is 0 Å². The first kappa shape index (κ1) is 10.1. The van der Waals surface area contributed by atoms with Crippen LogP contribution in [0.5, 0.6) is 0 Å². The Balaban J connectivity index is 1.97. The van der Waals surface area contributed by atoms with Gasteiger partial charge in [0.25, 0.3) is 0 Å². The predicted molar refractivity (Wildman–Crippen MR) is 64.5 cm³/mol. The third kappa shape index (κ3) is 1.42. The number of hydrogen-bond acceptors (Lipinski definition) is 1. The summed E-state index contributed by atoms with van der Waals surface area (Å²) in [6.07, 6.45) is 6.74. The normalized spacial score (nSPS) is 35.6. The van der Waals surface area contributed by atoms with E-state index in [1.165, 1.54) is 5.56 Å². The molecule has 0 saturated heterocycles. The molecule has 0 unspecified atom stereocenters. The highest BCUT2D eigenvalue weighted by Gasteiger charge is 2.44. The summed E-state index contributed by atoms with van der Waals surface area (Å²) in [6.45, 7) is 0. The maximum Gasteiger partial charge on any atom is 0.124 e. The first-order valence-corrected chi connectivity index (χ1v) is 6.06. The number of fused-ring (bicyclic) bond motifs is 2. The summed E-state index contributed by atoms with van der Waals surface area (Å²) in [5, 5.41) is 0.755. The number of hydrogen-bond donors (Lipinski definition) is 0. The van der Waals surface area contributed by atoms with Crippen LogP contribution in [0.15, 0.2) is 36.4 Å². The molecule has 1 aromatic rings. The minimum absolute atomic E-state index is 0.163. The highest BCUT2D eigenvalue weighted by Crippen LogP contribution is 2.52. The molecule has 2 aliphatic carbocycles. The van der Waals surface area contributed by atoms with Gasteiger partial charge in [0, 0.05) is 16.9 Å². The van der Waals surface area contributed by atoms with Crippen LogP contribution in [-0.4, -0.2) is 6.29 Å². The van der Waals surface area contributed by atoms with E-state index >= 15 is 0 Å². The topological polar surface area (TPSA) is 17.1 Å². The molecule has 82 valence electrons. The zero-order chi connectivity index (χ0) is 11.1. The number of allylic oxidation sites excluding steroid dienone is 2. The molecule has 2 bridgehead atoms. The summed E-state index contributed by atoms with van der Waals surface area (Å²) in [7, 11) is 0. The SMILES string of the molecule is O=C[C@H]1[C@H](c2ccc(Cl)cc2)[C@H]2C=C[C@@H]1C2. The van der Waals surface area contributed by atoms with Crippen molar-refractivity contribution in [1.29, 1.82) is 0 Å². The van der Waals surface area contributed by atoms with Crippen molar-refractivity contribution in [3.05, 3.63) is 47.0 Å². The molecule has 2 aliphatic rings. The second-order valence-electron chi connectivity index (χ2n) is 4.74. The van der Waals surface area contributed by atoms with Gasteiger partial charge in [-0.2, -0.15) is 0 Å². The van der Waals surface area contributed by atoms with Crippen LogP contribution >= 0.6 is 11.6 Å². The molecular formula is C14H13ClO. The first-order chi connectivity index (χ1) is 7.79. The van der Waals surface area contributed by atoms with E-state index in [1.807, 2.05) is 12.1 Å². The van der Waals surface area contributed by atoms with E-state index in [0.29, 0.717) is 17.8 Å². The van der Waals surface area contributed by atoms with Gasteiger partial charge < -0.3 is 4.79 Å². The van der Waals surface area contributed by atoms with Crippen LogP contribution in [0.4, 0.5) is 0 Å². The van der Waals surface area contributed by atoms with Gasteiger partial charge in [-0.15, -0.1) is 0 Å². The van der Waals surface area contributed by atoms with Crippen LogP contribution in [0.2, 0.25) is 5.02 Å². The summed E-state index contributed by atoms with van der Waals surface area (Å²) in [5.41, 5.74) is 1.25. The van der Waals surface area contributed by atoms with E-state index in [0.717, 1.165) is 17.7 Å².